The zero-order valence-corrected chi connectivity index (χ0v) is 17.9. The van der Waals surface area contributed by atoms with Crippen molar-refractivity contribution in [2.75, 3.05) is 0 Å². The van der Waals surface area contributed by atoms with Crippen molar-refractivity contribution in [3.05, 3.63) is 95.9 Å². The molecule has 0 N–H and O–H groups in total. The Balaban J connectivity index is 1.40. The Morgan fingerprint density at radius 2 is 1.74 bits per heavy atom. The van der Waals surface area contributed by atoms with E-state index in [4.69, 9.17) is 20.4 Å². The van der Waals surface area contributed by atoms with Crippen LogP contribution in [0, 0.1) is 0 Å². The van der Waals surface area contributed by atoms with Crippen molar-refractivity contribution in [3.8, 4) is 22.7 Å². The maximum absolute atomic E-state index is 6.04. The lowest BCUT2D eigenvalue weighted by Crippen LogP contribution is -2.03. The molecular weight excluding hydrogens is 432 g/mol. The third-order valence-electron chi connectivity index (χ3n) is 4.65. The van der Waals surface area contributed by atoms with E-state index in [-0.39, 0.29) is 0 Å². The molecule has 0 unspecified atom stereocenters. The molecular formula is C23H17ClN4O2S. The normalized spacial score (nSPS) is 11.1. The summed E-state index contributed by atoms with van der Waals surface area (Å²) < 4.78 is 13.5. The third-order valence-corrected chi connectivity index (χ3v) is 5.85. The Labute approximate surface area is 187 Å². The first-order chi connectivity index (χ1) is 15.3. The Morgan fingerprint density at radius 3 is 2.52 bits per heavy atom. The molecule has 0 atom stereocenters. The number of thioether (sulfide) groups is 1. The fraction of sp³-hybridized carbons (Fsp3) is 0.0870. The zero-order chi connectivity index (χ0) is 21.0. The van der Waals surface area contributed by atoms with Gasteiger partial charge in [-0.05, 0) is 36.4 Å². The maximum Gasteiger partial charge on any atom is 0.205 e. The Morgan fingerprint density at radius 1 is 0.903 bits per heavy atom. The molecule has 3 aromatic heterocycles. The predicted octanol–water partition coefficient (Wildman–Crippen LogP) is 6.19. The van der Waals surface area contributed by atoms with Gasteiger partial charge in [-0.1, -0.05) is 53.7 Å². The van der Waals surface area contributed by atoms with E-state index in [9.17, 15) is 0 Å². The van der Waals surface area contributed by atoms with Crippen LogP contribution < -0.4 is 0 Å². The standard InChI is InChI=1S/C23H17ClN4O2S/c24-18-10-8-17(9-11-18)22-26-27-23(28(22)14-19-7-4-12-29-19)31-15-21-25-13-20(30-21)16-5-2-1-3-6-16/h1-13H,14-15H2. The van der Waals surface area contributed by atoms with Gasteiger partial charge in [0.05, 0.1) is 24.8 Å². The monoisotopic (exact) mass is 448 g/mol. The van der Waals surface area contributed by atoms with Gasteiger partial charge in [-0.15, -0.1) is 10.2 Å². The molecule has 0 fully saturated rings. The lowest BCUT2D eigenvalue weighted by atomic mass is 10.2. The number of halogens is 1. The smallest absolute Gasteiger partial charge is 0.205 e. The molecule has 0 aliphatic carbocycles. The fourth-order valence-electron chi connectivity index (χ4n) is 3.15. The number of hydrogen-bond acceptors (Lipinski definition) is 6. The topological polar surface area (TPSA) is 69.9 Å². The first-order valence-electron chi connectivity index (χ1n) is 9.61. The Bertz CT molecular complexity index is 1260. The zero-order valence-electron chi connectivity index (χ0n) is 16.3. The number of benzene rings is 2. The first kappa shape index (κ1) is 19.7. The molecule has 0 aliphatic heterocycles. The minimum Gasteiger partial charge on any atom is -0.467 e. The minimum atomic E-state index is 0.515. The van der Waals surface area contributed by atoms with Crippen LogP contribution in [0.15, 0.2) is 93.2 Å². The molecule has 0 spiro atoms. The van der Waals surface area contributed by atoms with Gasteiger partial charge in [0.2, 0.25) is 5.89 Å². The van der Waals surface area contributed by atoms with Gasteiger partial charge in [0.1, 0.15) is 5.76 Å². The van der Waals surface area contributed by atoms with Crippen LogP contribution in [0.5, 0.6) is 0 Å². The number of hydrogen-bond donors (Lipinski definition) is 0. The summed E-state index contributed by atoms with van der Waals surface area (Å²) >= 11 is 7.56. The van der Waals surface area contributed by atoms with Gasteiger partial charge in [-0.25, -0.2) is 4.98 Å². The number of aromatic nitrogens is 4. The molecule has 31 heavy (non-hydrogen) atoms. The molecule has 5 rings (SSSR count). The number of oxazole rings is 1. The molecule has 3 heterocycles. The summed E-state index contributed by atoms with van der Waals surface area (Å²) in [6, 6.07) is 21.3. The van der Waals surface area contributed by atoms with Crippen molar-refractivity contribution in [3.63, 3.8) is 0 Å². The van der Waals surface area contributed by atoms with Gasteiger partial charge in [0.25, 0.3) is 0 Å². The second-order valence-corrected chi connectivity index (χ2v) is 8.13. The van der Waals surface area contributed by atoms with Gasteiger partial charge in [0, 0.05) is 16.1 Å². The highest BCUT2D eigenvalue weighted by molar-refractivity contribution is 7.98. The van der Waals surface area contributed by atoms with Crippen LogP contribution in [0.1, 0.15) is 11.7 Å². The van der Waals surface area contributed by atoms with E-state index in [1.807, 2.05) is 71.3 Å². The Kier molecular flexibility index (Phi) is 5.60. The molecule has 0 radical (unpaired) electrons. The predicted molar refractivity (Wildman–Crippen MR) is 120 cm³/mol. The number of furan rings is 1. The highest BCUT2D eigenvalue weighted by atomic mass is 35.5. The van der Waals surface area contributed by atoms with Crippen LogP contribution >= 0.6 is 23.4 Å². The van der Waals surface area contributed by atoms with Crippen LogP contribution in [0.2, 0.25) is 5.02 Å². The largest absolute Gasteiger partial charge is 0.467 e. The Hall–Kier alpha value is -3.29. The van der Waals surface area contributed by atoms with E-state index >= 15 is 0 Å². The number of rotatable bonds is 7. The van der Waals surface area contributed by atoms with Crippen LogP contribution in [-0.2, 0) is 12.3 Å². The van der Waals surface area contributed by atoms with Crippen molar-refractivity contribution in [1.29, 1.82) is 0 Å². The average Bonchev–Trinajstić information content (AvgIpc) is 3.56. The van der Waals surface area contributed by atoms with Crippen molar-refractivity contribution in [1.82, 2.24) is 19.7 Å². The molecule has 6 nitrogen and oxygen atoms in total. The molecule has 2 aromatic carbocycles. The molecule has 154 valence electrons. The summed E-state index contributed by atoms with van der Waals surface area (Å²) in [5.74, 6) is 3.47. The lowest BCUT2D eigenvalue weighted by molar-refractivity contribution is 0.485. The van der Waals surface area contributed by atoms with E-state index in [0.29, 0.717) is 23.2 Å². The summed E-state index contributed by atoms with van der Waals surface area (Å²) in [4.78, 5) is 4.41. The van der Waals surface area contributed by atoms with Gasteiger partial charge >= 0.3 is 0 Å². The second kappa shape index (κ2) is 8.83. The maximum atomic E-state index is 6.04. The van der Waals surface area contributed by atoms with E-state index in [2.05, 4.69) is 15.2 Å². The third kappa shape index (κ3) is 4.42. The summed E-state index contributed by atoms with van der Waals surface area (Å²) in [6.07, 6.45) is 3.41. The van der Waals surface area contributed by atoms with Crippen LogP contribution in [0.4, 0.5) is 0 Å². The minimum absolute atomic E-state index is 0.515. The van der Waals surface area contributed by atoms with Crippen LogP contribution in [-0.4, -0.2) is 19.7 Å². The van der Waals surface area contributed by atoms with Crippen molar-refractivity contribution >= 4 is 23.4 Å². The summed E-state index contributed by atoms with van der Waals surface area (Å²) in [5.41, 5.74) is 1.93. The highest BCUT2D eigenvalue weighted by Crippen LogP contribution is 2.29. The molecule has 8 heteroatoms. The quantitative estimate of drug-likeness (QED) is 0.276. The average molecular weight is 449 g/mol. The SMILES string of the molecule is Clc1ccc(-c2nnc(SCc3ncc(-c4ccccc4)o3)n2Cc2ccco2)cc1. The van der Waals surface area contributed by atoms with E-state index < -0.39 is 0 Å². The molecule has 0 amide bonds. The summed E-state index contributed by atoms with van der Waals surface area (Å²) in [7, 11) is 0. The van der Waals surface area contributed by atoms with E-state index in [0.717, 1.165) is 33.6 Å². The first-order valence-corrected chi connectivity index (χ1v) is 11.0. The van der Waals surface area contributed by atoms with Crippen molar-refractivity contribution in [2.24, 2.45) is 0 Å². The second-order valence-electron chi connectivity index (χ2n) is 6.75. The highest BCUT2D eigenvalue weighted by Gasteiger charge is 2.17. The number of nitrogens with zero attached hydrogens (tertiary/aromatic N) is 4. The van der Waals surface area contributed by atoms with Gasteiger partial charge < -0.3 is 8.83 Å². The van der Waals surface area contributed by atoms with Crippen LogP contribution in [0.25, 0.3) is 22.7 Å². The molecule has 0 saturated carbocycles. The molecule has 0 aliphatic rings. The van der Waals surface area contributed by atoms with E-state index in [1.54, 1.807) is 12.5 Å². The van der Waals surface area contributed by atoms with Crippen LogP contribution in [0.3, 0.4) is 0 Å². The lowest BCUT2D eigenvalue weighted by Gasteiger charge is -2.08. The van der Waals surface area contributed by atoms with Gasteiger partial charge in [-0.2, -0.15) is 0 Å². The molecule has 0 saturated heterocycles. The molecule has 0 bridgehead atoms. The summed E-state index contributed by atoms with van der Waals surface area (Å²) in [5, 5.41) is 10.3. The van der Waals surface area contributed by atoms with Gasteiger partial charge in [0.15, 0.2) is 16.7 Å². The van der Waals surface area contributed by atoms with Crippen molar-refractivity contribution in [2.45, 2.75) is 17.5 Å². The van der Waals surface area contributed by atoms with Crippen molar-refractivity contribution < 1.29 is 8.83 Å². The molecule has 5 aromatic rings. The van der Waals surface area contributed by atoms with Gasteiger partial charge in [-0.3, -0.25) is 4.57 Å². The fourth-order valence-corrected chi connectivity index (χ4v) is 4.07. The summed E-state index contributed by atoms with van der Waals surface area (Å²) in [6.45, 7) is 0.515. The van der Waals surface area contributed by atoms with E-state index in [1.165, 1.54) is 11.8 Å².